The molecular formula is C89H146O17P2. The van der Waals surface area contributed by atoms with E-state index in [0.29, 0.717) is 25.7 Å². The molecule has 0 aromatic carbocycles. The zero-order chi connectivity index (χ0) is 78.9. The van der Waals surface area contributed by atoms with Crippen LogP contribution in [0.25, 0.3) is 0 Å². The Morgan fingerprint density at radius 3 is 0.750 bits per heavy atom. The van der Waals surface area contributed by atoms with Crippen LogP contribution in [0.2, 0.25) is 0 Å². The van der Waals surface area contributed by atoms with Crippen molar-refractivity contribution in [3.63, 3.8) is 0 Å². The number of unbranched alkanes of at least 4 members (excludes halogenated alkanes) is 22. The van der Waals surface area contributed by atoms with Crippen molar-refractivity contribution < 1.29 is 80.2 Å². The van der Waals surface area contributed by atoms with Crippen LogP contribution in [-0.4, -0.2) is 96.7 Å². The molecule has 5 unspecified atom stereocenters. The Bertz CT molecular complexity index is 2710. The second-order valence-corrected chi connectivity index (χ2v) is 29.8. The van der Waals surface area contributed by atoms with Gasteiger partial charge in [-0.3, -0.25) is 37.3 Å². The van der Waals surface area contributed by atoms with Gasteiger partial charge in [0.25, 0.3) is 0 Å². The normalized spacial score (nSPS) is 14.7. The van der Waals surface area contributed by atoms with Crippen molar-refractivity contribution in [1.29, 1.82) is 0 Å². The Morgan fingerprint density at radius 2 is 0.481 bits per heavy atom. The van der Waals surface area contributed by atoms with Gasteiger partial charge in [-0.2, -0.15) is 0 Å². The highest BCUT2D eigenvalue weighted by Gasteiger charge is 2.30. The monoisotopic (exact) mass is 1550 g/mol. The molecule has 0 aliphatic heterocycles. The smallest absolute Gasteiger partial charge is 0.462 e. The number of ether oxygens (including phenoxy) is 4. The van der Waals surface area contributed by atoms with Crippen molar-refractivity contribution in [3.05, 3.63) is 170 Å². The van der Waals surface area contributed by atoms with E-state index in [1.54, 1.807) is 0 Å². The molecule has 0 fully saturated rings. The van der Waals surface area contributed by atoms with Gasteiger partial charge in [0.15, 0.2) is 12.2 Å². The molecule has 19 heteroatoms. The number of phosphoric acid groups is 2. The van der Waals surface area contributed by atoms with E-state index >= 15 is 0 Å². The first kappa shape index (κ1) is 102. The lowest BCUT2D eigenvalue weighted by atomic mass is 10.1. The van der Waals surface area contributed by atoms with Crippen molar-refractivity contribution in [3.8, 4) is 0 Å². The van der Waals surface area contributed by atoms with Crippen LogP contribution in [0.15, 0.2) is 170 Å². The van der Waals surface area contributed by atoms with Gasteiger partial charge in [-0.1, -0.05) is 281 Å². The van der Waals surface area contributed by atoms with E-state index < -0.39 is 97.5 Å². The van der Waals surface area contributed by atoms with Gasteiger partial charge in [-0.15, -0.1) is 0 Å². The molecule has 17 nitrogen and oxygen atoms in total. The fourth-order valence-electron chi connectivity index (χ4n) is 10.5. The minimum atomic E-state index is -5.00. The second-order valence-electron chi connectivity index (χ2n) is 26.9. The molecule has 3 N–H and O–H groups in total. The maximum Gasteiger partial charge on any atom is 0.472 e. The first-order valence-electron chi connectivity index (χ1n) is 41.4. The third-order valence-corrected chi connectivity index (χ3v) is 18.6. The number of aliphatic hydroxyl groups excluding tert-OH is 1. The Balaban J connectivity index is 5.44. The maximum atomic E-state index is 13.1. The standard InChI is InChI=1S/C89H146O17P2/c1-5-9-13-17-21-25-29-33-37-39-41-43-47-49-53-57-61-65-69-73-86(91)99-79-84(105-88(93)75-71-67-63-59-55-51-45-35-31-27-23-19-15-11-7-3)81-103-107(95,96)101-77-83(90)78-102-108(97,98)104-82-85(106-89(94)76-72-68-64-60-56-52-46-36-32-28-24-20-16-12-8-4)80-100-87(92)74-70-66-62-58-54-50-48-44-42-40-38-34-30-26-22-18-14-10-6-2/h9,11-13,15-16,21-28,33-38,41-46,49,53,83-85,90H,5-8,10,14,17-20,29-32,39-40,47-48,50-52,54-82H2,1-4H3,(H,95,96)(H,97,98)/b13-9-,15-11-,16-12-,25-21-,26-22-,27-23-,28-24-,37-33-,38-34-,43-41-,44-42-,45-35-,46-36-,53-49-. The van der Waals surface area contributed by atoms with Gasteiger partial charge in [-0.05, 0) is 173 Å². The van der Waals surface area contributed by atoms with Crippen molar-refractivity contribution >= 4 is 39.5 Å². The molecular weight excluding hydrogens is 1400 g/mol. The summed E-state index contributed by atoms with van der Waals surface area (Å²) in [5, 5.41) is 10.7. The highest BCUT2D eigenvalue weighted by Crippen LogP contribution is 2.45. The summed E-state index contributed by atoms with van der Waals surface area (Å²) in [4.78, 5) is 73.2. The Kier molecular flexibility index (Phi) is 75.4. The molecule has 0 radical (unpaired) electrons. The molecule has 614 valence electrons. The fraction of sp³-hybridized carbons (Fsp3) is 0.640. The number of esters is 4. The van der Waals surface area contributed by atoms with Crippen LogP contribution < -0.4 is 0 Å². The SMILES string of the molecule is CC/C=C\C/C=C\C/C=C\C/C=C\C/C=C\CCCCCC(=O)OCC(COP(=O)(O)OCC(O)COP(=O)(O)OCC(COC(=O)CCCCCCCC/C=C\C/C=C\C/C=C\CCCCC)OC(=O)CCCCCCC/C=C\C/C=C\C/C=C\CC)OC(=O)CCCCCCC/C=C\C/C=C\C/C=C\CC. The van der Waals surface area contributed by atoms with Crippen LogP contribution in [0.5, 0.6) is 0 Å². The first-order valence-corrected chi connectivity index (χ1v) is 44.4. The van der Waals surface area contributed by atoms with Crippen LogP contribution >= 0.6 is 15.6 Å². The molecule has 0 saturated heterocycles. The van der Waals surface area contributed by atoms with Crippen molar-refractivity contribution in [2.24, 2.45) is 0 Å². The van der Waals surface area contributed by atoms with Gasteiger partial charge in [0.05, 0.1) is 26.4 Å². The lowest BCUT2D eigenvalue weighted by molar-refractivity contribution is -0.161. The van der Waals surface area contributed by atoms with Crippen LogP contribution in [-0.2, 0) is 65.4 Å². The summed E-state index contributed by atoms with van der Waals surface area (Å²) >= 11 is 0. The molecule has 0 saturated carbocycles. The zero-order valence-electron chi connectivity index (χ0n) is 67.2. The predicted octanol–water partition coefficient (Wildman–Crippen LogP) is 24.6. The number of phosphoric ester groups is 2. The number of carbonyl (C=O) groups is 4. The van der Waals surface area contributed by atoms with Gasteiger partial charge in [-0.25, -0.2) is 9.13 Å². The highest BCUT2D eigenvalue weighted by molar-refractivity contribution is 7.47. The van der Waals surface area contributed by atoms with Gasteiger partial charge < -0.3 is 33.8 Å². The lowest BCUT2D eigenvalue weighted by Gasteiger charge is -2.21. The summed E-state index contributed by atoms with van der Waals surface area (Å²) in [6.45, 7) is 4.42. The Hall–Kier alpha value is -5.58. The highest BCUT2D eigenvalue weighted by atomic mass is 31.2. The van der Waals surface area contributed by atoms with Crippen molar-refractivity contribution in [2.45, 2.75) is 329 Å². The average Bonchev–Trinajstić information content (AvgIpc) is 0.923. The molecule has 0 aromatic heterocycles. The first-order chi connectivity index (χ1) is 52.7. The number of rotatable bonds is 76. The number of aliphatic hydroxyl groups is 1. The number of allylic oxidation sites excluding steroid dienone is 28. The van der Waals surface area contributed by atoms with E-state index in [-0.39, 0.29) is 25.7 Å². The zero-order valence-corrected chi connectivity index (χ0v) is 69.0. The Labute approximate surface area is 654 Å². The summed E-state index contributed by atoms with van der Waals surface area (Å²) < 4.78 is 68.7. The maximum absolute atomic E-state index is 13.1. The number of hydrogen-bond acceptors (Lipinski definition) is 15. The summed E-state index contributed by atoms with van der Waals surface area (Å²) in [5.74, 6) is -2.27. The molecule has 0 aromatic rings. The molecule has 0 rings (SSSR count). The van der Waals surface area contributed by atoms with Crippen LogP contribution in [0, 0.1) is 0 Å². The van der Waals surface area contributed by atoms with Crippen molar-refractivity contribution in [1.82, 2.24) is 0 Å². The molecule has 5 atom stereocenters. The summed E-state index contributed by atoms with van der Waals surface area (Å²) in [7, 11) is -10.0. The average molecular weight is 1550 g/mol. The minimum absolute atomic E-state index is 0.0613. The van der Waals surface area contributed by atoms with Crippen LogP contribution in [0.4, 0.5) is 0 Å². The van der Waals surface area contributed by atoms with Gasteiger partial charge >= 0.3 is 39.5 Å². The van der Waals surface area contributed by atoms with E-state index in [1.165, 1.54) is 19.3 Å². The van der Waals surface area contributed by atoms with Crippen LogP contribution in [0.1, 0.15) is 310 Å². The quantitative estimate of drug-likeness (QED) is 0.0169. The summed E-state index contributed by atoms with van der Waals surface area (Å²) in [5.41, 5.74) is 0. The number of carbonyl (C=O) groups excluding carboxylic acids is 4. The molecule has 0 aliphatic rings. The molecule has 0 spiro atoms. The summed E-state index contributed by atoms with van der Waals surface area (Å²) in [6.07, 6.45) is 94.6. The lowest BCUT2D eigenvalue weighted by Crippen LogP contribution is -2.30. The molecule has 0 heterocycles. The fourth-order valence-corrected chi connectivity index (χ4v) is 12.0. The molecule has 0 amide bonds. The van der Waals surface area contributed by atoms with Gasteiger partial charge in [0, 0.05) is 25.7 Å². The van der Waals surface area contributed by atoms with E-state index in [2.05, 4.69) is 198 Å². The second kappa shape index (κ2) is 79.5. The van der Waals surface area contributed by atoms with E-state index in [4.69, 9.17) is 37.0 Å². The van der Waals surface area contributed by atoms with E-state index in [1.807, 2.05) is 0 Å². The molecule has 0 bridgehead atoms. The van der Waals surface area contributed by atoms with Crippen molar-refractivity contribution in [2.75, 3.05) is 39.6 Å². The summed E-state index contributed by atoms with van der Waals surface area (Å²) in [6, 6.07) is 0. The number of hydrogen-bond donors (Lipinski definition) is 3. The third kappa shape index (κ3) is 78.5. The van der Waals surface area contributed by atoms with Gasteiger partial charge in [0.1, 0.15) is 19.3 Å². The van der Waals surface area contributed by atoms with Gasteiger partial charge in [0.2, 0.25) is 0 Å². The third-order valence-electron chi connectivity index (χ3n) is 16.7. The van der Waals surface area contributed by atoms with E-state index in [0.717, 1.165) is 212 Å². The van der Waals surface area contributed by atoms with E-state index in [9.17, 15) is 43.2 Å². The Morgan fingerprint density at radius 1 is 0.269 bits per heavy atom. The molecule has 0 aliphatic carbocycles. The largest absolute Gasteiger partial charge is 0.472 e. The molecule has 108 heavy (non-hydrogen) atoms. The minimum Gasteiger partial charge on any atom is -0.462 e. The predicted molar refractivity (Wildman–Crippen MR) is 445 cm³/mol. The topological polar surface area (TPSA) is 237 Å². The van der Waals surface area contributed by atoms with Crippen LogP contribution in [0.3, 0.4) is 0 Å².